The van der Waals surface area contributed by atoms with Crippen molar-refractivity contribution in [3.8, 4) is 11.5 Å². The van der Waals surface area contributed by atoms with Crippen LogP contribution in [0.3, 0.4) is 0 Å². The Morgan fingerprint density at radius 3 is 2.52 bits per heavy atom. The van der Waals surface area contributed by atoms with Gasteiger partial charge < -0.3 is 9.47 Å². The van der Waals surface area contributed by atoms with Crippen LogP contribution in [0.5, 0.6) is 11.5 Å². The standard InChI is InChI=1S/C20H18O3/c1-14-7-8-15(2)19(11-14)22-13-20(21)23-18-10-9-16-5-3-4-6-17(16)12-18/h3-12H,13H2,1-2H3. The average Bonchev–Trinajstić information content (AvgIpc) is 2.55. The maximum atomic E-state index is 12.0. The molecule has 0 fully saturated rings. The van der Waals surface area contributed by atoms with E-state index < -0.39 is 5.97 Å². The van der Waals surface area contributed by atoms with Crippen molar-refractivity contribution in [1.82, 2.24) is 0 Å². The van der Waals surface area contributed by atoms with Crippen LogP contribution in [0, 0.1) is 13.8 Å². The largest absolute Gasteiger partial charge is 0.482 e. The lowest BCUT2D eigenvalue weighted by Gasteiger charge is -2.10. The van der Waals surface area contributed by atoms with Crippen LogP contribution >= 0.6 is 0 Å². The van der Waals surface area contributed by atoms with Crippen LogP contribution in [-0.4, -0.2) is 12.6 Å². The molecule has 116 valence electrons. The molecule has 3 rings (SSSR count). The third-order valence-corrected chi connectivity index (χ3v) is 3.64. The van der Waals surface area contributed by atoms with E-state index in [1.807, 2.05) is 68.4 Å². The van der Waals surface area contributed by atoms with Crippen LogP contribution in [0.4, 0.5) is 0 Å². The SMILES string of the molecule is Cc1ccc(C)c(OCC(=O)Oc2ccc3ccccc3c2)c1. The maximum Gasteiger partial charge on any atom is 0.349 e. The van der Waals surface area contributed by atoms with Crippen LogP contribution in [0.15, 0.2) is 60.7 Å². The van der Waals surface area contributed by atoms with Crippen molar-refractivity contribution in [2.45, 2.75) is 13.8 Å². The predicted molar refractivity (Wildman–Crippen MR) is 91.0 cm³/mol. The Balaban J connectivity index is 1.65. The first-order valence-electron chi connectivity index (χ1n) is 7.51. The first-order valence-corrected chi connectivity index (χ1v) is 7.51. The van der Waals surface area contributed by atoms with E-state index in [-0.39, 0.29) is 6.61 Å². The number of fused-ring (bicyclic) bond motifs is 1. The molecule has 0 aliphatic carbocycles. The summed E-state index contributed by atoms with van der Waals surface area (Å²) in [5.74, 6) is 0.819. The first kappa shape index (κ1) is 15.1. The average molecular weight is 306 g/mol. The molecule has 0 heterocycles. The summed E-state index contributed by atoms with van der Waals surface area (Å²) in [6, 6.07) is 19.4. The Labute approximate surface area is 135 Å². The lowest BCUT2D eigenvalue weighted by atomic mass is 10.1. The summed E-state index contributed by atoms with van der Waals surface area (Å²) in [5, 5.41) is 2.15. The van der Waals surface area contributed by atoms with Gasteiger partial charge in [-0.25, -0.2) is 4.79 Å². The molecule has 0 amide bonds. The molecule has 0 spiro atoms. The summed E-state index contributed by atoms with van der Waals surface area (Å²) in [4.78, 5) is 12.0. The van der Waals surface area contributed by atoms with E-state index in [0.29, 0.717) is 11.5 Å². The Morgan fingerprint density at radius 1 is 0.913 bits per heavy atom. The van der Waals surface area contributed by atoms with Gasteiger partial charge in [0, 0.05) is 0 Å². The number of esters is 1. The van der Waals surface area contributed by atoms with Gasteiger partial charge in [0.15, 0.2) is 6.61 Å². The lowest BCUT2D eigenvalue weighted by molar-refractivity contribution is -0.136. The number of benzene rings is 3. The van der Waals surface area contributed by atoms with Crippen molar-refractivity contribution >= 4 is 16.7 Å². The number of aryl methyl sites for hydroxylation is 2. The minimum Gasteiger partial charge on any atom is -0.482 e. The van der Waals surface area contributed by atoms with Gasteiger partial charge >= 0.3 is 5.97 Å². The van der Waals surface area contributed by atoms with Crippen molar-refractivity contribution in [1.29, 1.82) is 0 Å². The second-order valence-corrected chi connectivity index (χ2v) is 5.54. The molecule has 0 unspecified atom stereocenters. The van der Waals surface area contributed by atoms with Crippen LogP contribution in [0.1, 0.15) is 11.1 Å². The number of carbonyl (C=O) groups is 1. The van der Waals surface area contributed by atoms with Gasteiger partial charge in [0.05, 0.1) is 0 Å². The summed E-state index contributed by atoms with van der Waals surface area (Å²) in [7, 11) is 0. The normalized spacial score (nSPS) is 10.5. The Hall–Kier alpha value is -2.81. The number of hydrogen-bond acceptors (Lipinski definition) is 3. The van der Waals surface area contributed by atoms with Crippen LogP contribution < -0.4 is 9.47 Å². The van der Waals surface area contributed by atoms with Crippen LogP contribution in [0.2, 0.25) is 0 Å². The minimum atomic E-state index is -0.416. The van der Waals surface area contributed by atoms with Gasteiger partial charge in [-0.05, 0) is 53.9 Å². The predicted octanol–water partition coefficient (Wildman–Crippen LogP) is 4.44. The molecule has 3 aromatic carbocycles. The van der Waals surface area contributed by atoms with Gasteiger partial charge in [-0.1, -0.05) is 42.5 Å². The molecule has 0 aliphatic heterocycles. The highest BCUT2D eigenvalue weighted by molar-refractivity contribution is 5.84. The van der Waals surface area contributed by atoms with Gasteiger partial charge in [-0.15, -0.1) is 0 Å². The van der Waals surface area contributed by atoms with Crippen LogP contribution in [0.25, 0.3) is 10.8 Å². The highest BCUT2D eigenvalue weighted by Gasteiger charge is 2.08. The third kappa shape index (κ3) is 3.69. The smallest absolute Gasteiger partial charge is 0.349 e. The Morgan fingerprint density at radius 2 is 1.70 bits per heavy atom. The molecule has 3 aromatic rings. The molecule has 3 nitrogen and oxygen atoms in total. The van der Waals surface area contributed by atoms with E-state index in [1.54, 1.807) is 6.07 Å². The minimum absolute atomic E-state index is 0.114. The number of carbonyl (C=O) groups excluding carboxylic acids is 1. The molecule has 0 radical (unpaired) electrons. The van der Waals surface area contributed by atoms with Gasteiger partial charge in [-0.2, -0.15) is 0 Å². The summed E-state index contributed by atoms with van der Waals surface area (Å²) in [6.07, 6.45) is 0. The van der Waals surface area contributed by atoms with Crippen molar-refractivity contribution in [3.05, 3.63) is 71.8 Å². The summed E-state index contributed by atoms with van der Waals surface area (Å²) >= 11 is 0. The fourth-order valence-electron chi connectivity index (χ4n) is 2.39. The van der Waals surface area contributed by atoms with Crippen LogP contribution in [-0.2, 0) is 4.79 Å². The highest BCUT2D eigenvalue weighted by Crippen LogP contribution is 2.21. The highest BCUT2D eigenvalue weighted by atomic mass is 16.6. The van der Waals surface area contributed by atoms with E-state index in [0.717, 1.165) is 21.9 Å². The third-order valence-electron chi connectivity index (χ3n) is 3.64. The van der Waals surface area contributed by atoms with Gasteiger partial charge in [0.25, 0.3) is 0 Å². The molecule has 0 N–H and O–H groups in total. The zero-order chi connectivity index (χ0) is 16.2. The number of rotatable bonds is 4. The van der Waals surface area contributed by atoms with E-state index >= 15 is 0 Å². The number of hydrogen-bond donors (Lipinski definition) is 0. The van der Waals surface area contributed by atoms with Gasteiger partial charge in [-0.3, -0.25) is 0 Å². The molecule has 23 heavy (non-hydrogen) atoms. The molecular weight excluding hydrogens is 288 g/mol. The maximum absolute atomic E-state index is 12.0. The molecule has 0 bridgehead atoms. The van der Waals surface area contributed by atoms with Gasteiger partial charge in [0.2, 0.25) is 0 Å². The van der Waals surface area contributed by atoms with E-state index in [1.165, 1.54) is 0 Å². The molecule has 0 aromatic heterocycles. The zero-order valence-electron chi connectivity index (χ0n) is 13.2. The van der Waals surface area contributed by atoms with Crippen molar-refractivity contribution < 1.29 is 14.3 Å². The first-order chi connectivity index (χ1) is 11.1. The fourth-order valence-corrected chi connectivity index (χ4v) is 2.39. The molecule has 0 aliphatic rings. The second kappa shape index (κ2) is 6.53. The van der Waals surface area contributed by atoms with E-state index in [4.69, 9.17) is 9.47 Å². The fraction of sp³-hybridized carbons (Fsp3) is 0.150. The number of ether oxygens (including phenoxy) is 2. The molecule has 0 saturated carbocycles. The Kier molecular flexibility index (Phi) is 4.29. The second-order valence-electron chi connectivity index (χ2n) is 5.54. The molecule has 3 heteroatoms. The lowest BCUT2D eigenvalue weighted by Crippen LogP contribution is -2.18. The van der Waals surface area contributed by atoms with E-state index in [2.05, 4.69) is 0 Å². The quantitative estimate of drug-likeness (QED) is 0.528. The molecular formula is C20H18O3. The molecule has 0 atom stereocenters. The monoisotopic (exact) mass is 306 g/mol. The van der Waals surface area contributed by atoms with Gasteiger partial charge in [0.1, 0.15) is 11.5 Å². The van der Waals surface area contributed by atoms with Crippen molar-refractivity contribution in [2.75, 3.05) is 6.61 Å². The van der Waals surface area contributed by atoms with E-state index in [9.17, 15) is 4.79 Å². The molecule has 0 saturated heterocycles. The van der Waals surface area contributed by atoms with Crippen molar-refractivity contribution in [2.24, 2.45) is 0 Å². The zero-order valence-corrected chi connectivity index (χ0v) is 13.2. The van der Waals surface area contributed by atoms with Crippen molar-refractivity contribution in [3.63, 3.8) is 0 Å². The summed E-state index contributed by atoms with van der Waals surface area (Å²) < 4.78 is 10.9. The summed E-state index contributed by atoms with van der Waals surface area (Å²) in [6.45, 7) is 3.82. The topological polar surface area (TPSA) is 35.5 Å². The summed E-state index contributed by atoms with van der Waals surface area (Å²) in [5.41, 5.74) is 2.09. The Bertz CT molecular complexity index is 852.